The first kappa shape index (κ1) is 33.9. The molecule has 0 aliphatic carbocycles. The molecule has 1 amide bonds. The van der Waals surface area contributed by atoms with E-state index in [1.54, 1.807) is 33.9 Å². The minimum absolute atomic E-state index is 0.000211. The first-order valence-corrected chi connectivity index (χ1v) is 16.1. The number of nitriles is 1. The molecular formula is C32H40F3N13O. The Kier molecular flexibility index (Phi) is 9.09. The molecule has 2 aliphatic rings. The lowest BCUT2D eigenvalue weighted by atomic mass is 9.86. The van der Waals surface area contributed by atoms with Crippen LogP contribution in [0.25, 0.3) is 5.65 Å². The molecule has 14 nitrogen and oxygen atoms in total. The topological polar surface area (TPSA) is 141 Å². The molecule has 49 heavy (non-hydrogen) atoms. The first-order valence-electron chi connectivity index (χ1n) is 16.1. The molecule has 0 radical (unpaired) electrons. The number of carbonyl (C=O) groups excluding carboxylic acids is 1. The summed E-state index contributed by atoms with van der Waals surface area (Å²) < 4.78 is 44.1. The lowest BCUT2D eigenvalue weighted by molar-refractivity contribution is -0.137. The Bertz CT molecular complexity index is 1840. The molecule has 2 fully saturated rings. The molecule has 6 heterocycles. The van der Waals surface area contributed by atoms with E-state index in [0.29, 0.717) is 48.6 Å². The lowest BCUT2D eigenvalue weighted by Crippen LogP contribution is -2.63. The number of amides is 1. The number of rotatable bonds is 12. The molecule has 4 aromatic rings. The summed E-state index contributed by atoms with van der Waals surface area (Å²) in [5, 5.41) is 25.4. The quantitative estimate of drug-likeness (QED) is 0.222. The molecule has 2 aliphatic heterocycles. The van der Waals surface area contributed by atoms with Crippen LogP contribution in [0.4, 0.5) is 30.5 Å². The van der Waals surface area contributed by atoms with E-state index in [2.05, 4.69) is 69.2 Å². The second-order valence-electron chi connectivity index (χ2n) is 13.8. The van der Waals surface area contributed by atoms with Crippen molar-refractivity contribution in [2.75, 3.05) is 56.5 Å². The highest BCUT2D eigenvalue weighted by atomic mass is 19.4. The van der Waals surface area contributed by atoms with Gasteiger partial charge in [0.05, 0.1) is 41.8 Å². The van der Waals surface area contributed by atoms with Gasteiger partial charge in [-0.25, -0.2) is 4.52 Å². The molecule has 4 aromatic heterocycles. The van der Waals surface area contributed by atoms with Crippen molar-refractivity contribution in [3.63, 3.8) is 0 Å². The Morgan fingerprint density at radius 2 is 1.96 bits per heavy atom. The highest BCUT2D eigenvalue weighted by Gasteiger charge is 2.47. The van der Waals surface area contributed by atoms with Gasteiger partial charge in [0.1, 0.15) is 12.1 Å². The third-order valence-corrected chi connectivity index (χ3v) is 9.30. The van der Waals surface area contributed by atoms with Crippen LogP contribution in [0.15, 0.2) is 48.1 Å². The minimum Gasteiger partial charge on any atom is -0.363 e. The highest BCUT2D eigenvalue weighted by molar-refractivity contribution is 5.76. The van der Waals surface area contributed by atoms with Crippen molar-refractivity contribution in [2.24, 2.45) is 10.4 Å². The van der Waals surface area contributed by atoms with Gasteiger partial charge in [-0.05, 0) is 44.2 Å². The van der Waals surface area contributed by atoms with Gasteiger partial charge in [0.25, 0.3) is 0 Å². The molecule has 0 spiro atoms. The van der Waals surface area contributed by atoms with Gasteiger partial charge in [-0.2, -0.15) is 33.6 Å². The van der Waals surface area contributed by atoms with E-state index in [1.165, 1.54) is 4.68 Å². The van der Waals surface area contributed by atoms with E-state index in [4.69, 9.17) is 0 Å². The predicted octanol–water partition coefficient (Wildman–Crippen LogP) is 3.66. The third-order valence-electron chi connectivity index (χ3n) is 9.30. The van der Waals surface area contributed by atoms with Crippen LogP contribution in [0.3, 0.4) is 0 Å². The van der Waals surface area contributed by atoms with Crippen LogP contribution < -0.4 is 10.2 Å². The summed E-state index contributed by atoms with van der Waals surface area (Å²) in [6.07, 6.45) is 4.11. The number of nitrogens with zero attached hydrogens (tertiary/aromatic N) is 12. The molecule has 0 saturated carbocycles. The number of anilines is 3. The van der Waals surface area contributed by atoms with Gasteiger partial charge in [0, 0.05) is 63.9 Å². The number of halogens is 3. The number of hydrogen-bond acceptors (Lipinski definition) is 10. The normalized spacial score (nSPS) is 16.9. The Balaban J connectivity index is 1.05. The van der Waals surface area contributed by atoms with E-state index in [9.17, 15) is 23.2 Å². The van der Waals surface area contributed by atoms with Gasteiger partial charge >= 0.3 is 6.18 Å². The second kappa shape index (κ2) is 13.1. The molecule has 0 bridgehead atoms. The summed E-state index contributed by atoms with van der Waals surface area (Å²) in [7, 11) is 2.14. The maximum atomic E-state index is 13.2. The van der Waals surface area contributed by atoms with Crippen molar-refractivity contribution in [1.29, 1.82) is 5.26 Å². The highest BCUT2D eigenvalue weighted by Crippen LogP contribution is 2.39. The summed E-state index contributed by atoms with van der Waals surface area (Å²) >= 11 is 0. The number of aromatic nitrogens is 7. The number of nitrogens with one attached hydrogen (secondary N) is 1. The Morgan fingerprint density at radius 1 is 1.20 bits per heavy atom. The molecule has 6 rings (SSSR count). The van der Waals surface area contributed by atoms with Crippen LogP contribution in [0.2, 0.25) is 0 Å². The summed E-state index contributed by atoms with van der Waals surface area (Å²) in [5.74, 6) is 0.316. The summed E-state index contributed by atoms with van der Waals surface area (Å²) in [6, 6.07) is 6.15. The van der Waals surface area contributed by atoms with Gasteiger partial charge in [0.2, 0.25) is 11.9 Å². The third kappa shape index (κ3) is 7.24. The Morgan fingerprint density at radius 3 is 2.63 bits per heavy atom. The van der Waals surface area contributed by atoms with Gasteiger partial charge in [-0.1, -0.05) is 13.8 Å². The second-order valence-corrected chi connectivity index (χ2v) is 13.8. The van der Waals surface area contributed by atoms with E-state index in [-0.39, 0.29) is 37.4 Å². The smallest absolute Gasteiger partial charge is 0.363 e. The van der Waals surface area contributed by atoms with Crippen LogP contribution in [0.5, 0.6) is 0 Å². The molecule has 2 saturated heterocycles. The van der Waals surface area contributed by atoms with E-state index >= 15 is 0 Å². The molecule has 0 unspecified atom stereocenters. The molecule has 260 valence electrons. The van der Waals surface area contributed by atoms with Crippen molar-refractivity contribution < 1.29 is 18.0 Å². The standard InChI is InChI=1S/C32H40F3N13O/c1-30(2,19-37-3)20-43(4)25-7-12-44(13-8-25)27(49)18-46-17-24(15-38-46)40-29-41-28-26(6-5-11-47(28)42-29)45-21-31(22-45,9-10-36)48-16-23(14-39-48)32(33,34)35/h5-6,11,14-17,25H,3,7-9,12-13,18-22H2,1-2,4H3,(H,40,42). The van der Waals surface area contributed by atoms with Crippen LogP contribution in [0, 0.1) is 16.7 Å². The maximum absolute atomic E-state index is 13.2. The summed E-state index contributed by atoms with van der Waals surface area (Å²) in [4.78, 5) is 28.0. The minimum atomic E-state index is -4.52. The zero-order valence-electron chi connectivity index (χ0n) is 27.8. The molecule has 1 N–H and O–H groups in total. The van der Waals surface area contributed by atoms with Gasteiger partial charge < -0.3 is 25.0 Å². The predicted molar refractivity (Wildman–Crippen MR) is 177 cm³/mol. The molecule has 17 heteroatoms. The monoisotopic (exact) mass is 679 g/mol. The van der Waals surface area contributed by atoms with E-state index in [0.717, 1.165) is 31.8 Å². The number of carbonyl (C=O) groups is 1. The fraction of sp³-hybridized carbons (Fsp3) is 0.531. The maximum Gasteiger partial charge on any atom is 0.419 e. The number of fused-ring (bicyclic) bond motifs is 1. The number of pyridine rings is 1. The lowest BCUT2D eigenvalue weighted by Gasteiger charge is -2.50. The Labute approximate surface area is 281 Å². The number of piperidine rings is 1. The van der Waals surface area contributed by atoms with Gasteiger partial charge in [-0.15, -0.1) is 5.10 Å². The van der Waals surface area contributed by atoms with Crippen LogP contribution in [-0.4, -0.2) is 109 Å². The van der Waals surface area contributed by atoms with Crippen LogP contribution in [-0.2, 0) is 23.1 Å². The van der Waals surface area contributed by atoms with E-state index in [1.807, 2.05) is 15.9 Å². The summed E-state index contributed by atoms with van der Waals surface area (Å²) in [5.41, 5.74) is 0.155. The van der Waals surface area contributed by atoms with Gasteiger partial charge in [0.15, 0.2) is 5.65 Å². The molecule has 0 atom stereocenters. The number of hydrogen-bond donors (Lipinski definition) is 1. The van der Waals surface area contributed by atoms with E-state index < -0.39 is 17.3 Å². The number of alkyl halides is 3. The average Bonchev–Trinajstić information content (AvgIpc) is 3.79. The Hall–Kier alpha value is -4.98. The zero-order chi connectivity index (χ0) is 35.0. The molecular weight excluding hydrogens is 639 g/mol. The van der Waals surface area contributed by atoms with Crippen molar-refractivity contribution in [2.45, 2.75) is 57.4 Å². The van der Waals surface area contributed by atoms with Crippen molar-refractivity contribution in [1.82, 2.24) is 44.0 Å². The number of aliphatic imine (C=N–C) groups is 1. The summed E-state index contributed by atoms with van der Waals surface area (Å²) in [6.45, 7) is 11.7. The average molecular weight is 680 g/mol. The number of likely N-dealkylation sites (tertiary alicyclic amines) is 1. The fourth-order valence-corrected chi connectivity index (χ4v) is 6.84. The fourth-order valence-electron chi connectivity index (χ4n) is 6.84. The SMILES string of the molecule is C=NCC(C)(C)CN(C)C1CCN(C(=O)Cn2cc(Nc3nc4c(N5CC(CC#N)(n6cc(C(F)(F)F)cn6)C5)cccn4n3)cn2)CC1. The van der Waals surface area contributed by atoms with Crippen LogP contribution >= 0.6 is 0 Å². The van der Waals surface area contributed by atoms with Gasteiger partial charge in [-0.3, -0.25) is 14.2 Å². The van der Waals surface area contributed by atoms with Crippen molar-refractivity contribution in [3.8, 4) is 6.07 Å². The molecule has 0 aromatic carbocycles. The first-order chi connectivity index (χ1) is 23.3. The van der Waals surface area contributed by atoms with Crippen molar-refractivity contribution in [3.05, 3.63) is 48.7 Å². The zero-order valence-corrected chi connectivity index (χ0v) is 27.8. The van der Waals surface area contributed by atoms with Crippen LogP contribution in [0.1, 0.15) is 38.7 Å². The largest absolute Gasteiger partial charge is 0.419 e. The van der Waals surface area contributed by atoms with Crippen molar-refractivity contribution >= 4 is 35.6 Å².